The zero-order valence-electron chi connectivity index (χ0n) is 12.5. The molecule has 1 aliphatic heterocycles. The maximum Gasteiger partial charge on any atom is 0.323 e. The summed E-state index contributed by atoms with van der Waals surface area (Å²) < 4.78 is 4.38. The van der Waals surface area contributed by atoms with E-state index in [9.17, 15) is 4.79 Å². The fourth-order valence-electron chi connectivity index (χ4n) is 3.46. The minimum atomic E-state index is -0.0887. The minimum Gasteiger partial charge on any atom is -0.330 e. The number of hydrogen-bond acceptors (Lipinski definition) is 5. The molecule has 22 heavy (non-hydrogen) atoms. The van der Waals surface area contributed by atoms with E-state index in [0.29, 0.717) is 6.54 Å². The van der Waals surface area contributed by atoms with Gasteiger partial charge in [0.1, 0.15) is 5.82 Å². The third kappa shape index (κ3) is 3.14. The topological polar surface area (TPSA) is 83.8 Å². The van der Waals surface area contributed by atoms with Gasteiger partial charge >= 0.3 is 4.87 Å². The molecule has 1 aliphatic rings. The largest absolute Gasteiger partial charge is 0.330 e. The van der Waals surface area contributed by atoms with E-state index in [2.05, 4.69) is 26.8 Å². The number of aromatic nitrogens is 2. The van der Waals surface area contributed by atoms with Gasteiger partial charge in [0, 0.05) is 17.5 Å². The number of benzene rings is 1. The highest BCUT2D eigenvalue weighted by atomic mass is 32.1. The Kier molecular flexibility index (Phi) is 4.71. The molecule has 2 heterocycles. The summed E-state index contributed by atoms with van der Waals surface area (Å²) in [6.07, 6.45) is 2.89. The monoisotopic (exact) mass is 318 g/mol. The summed E-state index contributed by atoms with van der Waals surface area (Å²) in [4.78, 5) is 14.4. The molecule has 118 valence electrons. The molecule has 0 saturated carbocycles. The lowest BCUT2D eigenvalue weighted by molar-refractivity contribution is 0.157. The fourth-order valence-corrected chi connectivity index (χ4v) is 3.97. The second-order valence-corrected chi connectivity index (χ2v) is 6.78. The first-order valence-electron chi connectivity index (χ1n) is 7.74. The van der Waals surface area contributed by atoms with Gasteiger partial charge in [-0.1, -0.05) is 30.3 Å². The van der Waals surface area contributed by atoms with Crippen molar-refractivity contribution in [3.63, 3.8) is 0 Å². The Morgan fingerprint density at radius 1 is 1.27 bits per heavy atom. The summed E-state index contributed by atoms with van der Waals surface area (Å²) in [5.41, 5.74) is 7.45. The molecule has 1 atom stereocenters. The first kappa shape index (κ1) is 15.4. The molecule has 0 bridgehead atoms. The molecule has 1 fully saturated rings. The van der Waals surface area contributed by atoms with Crippen molar-refractivity contribution in [1.82, 2.24) is 14.7 Å². The SMILES string of the molecule is NCC1(C(Cc2ccccc2)c2nsc(=O)[nH]2)CCNCC1. The van der Waals surface area contributed by atoms with Gasteiger partial charge in [0.05, 0.1) is 0 Å². The van der Waals surface area contributed by atoms with E-state index in [4.69, 9.17) is 5.73 Å². The number of nitrogens with two attached hydrogens (primary N) is 1. The molecule has 3 rings (SSSR count). The van der Waals surface area contributed by atoms with Crippen LogP contribution in [0.3, 0.4) is 0 Å². The van der Waals surface area contributed by atoms with Gasteiger partial charge in [0.25, 0.3) is 0 Å². The van der Waals surface area contributed by atoms with Gasteiger partial charge in [-0.3, -0.25) is 9.78 Å². The highest BCUT2D eigenvalue weighted by Gasteiger charge is 2.41. The molecule has 2 aromatic rings. The average molecular weight is 318 g/mol. The van der Waals surface area contributed by atoms with Crippen LogP contribution in [0.5, 0.6) is 0 Å². The van der Waals surface area contributed by atoms with Crippen LogP contribution in [-0.2, 0) is 6.42 Å². The van der Waals surface area contributed by atoms with Crippen LogP contribution in [0.2, 0.25) is 0 Å². The van der Waals surface area contributed by atoms with Gasteiger partial charge in [0.2, 0.25) is 0 Å². The lowest BCUT2D eigenvalue weighted by Gasteiger charge is -2.42. The summed E-state index contributed by atoms with van der Waals surface area (Å²) in [5.74, 6) is 0.951. The average Bonchev–Trinajstić information content (AvgIpc) is 3.00. The van der Waals surface area contributed by atoms with Crippen LogP contribution in [0.1, 0.15) is 30.1 Å². The molecule has 6 heteroatoms. The minimum absolute atomic E-state index is 0.00188. The zero-order chi connectivity index (χ0) is 15.4. The lowest BCUT2D eigenvalue weighted by atomic mass is 9.66. The van der Waals surface area contributed by atoms with Crippen molar-refractivity contribution in [3.8, 4) is 0 Å². The van der Waals surface area contributed by atoms with Crippen molar-refractivity contribution < 1.29 is 0 Å². The second kappa shape index (κ2) is 6.73. The van der Waals surface area contributed by atoms with Crippen LogP contribution >= 0.6 is 11.5 Å². The Bertz CT molecular complexity index is 645. The number of piperidine rings is 1. The van der Waals surface area contributed by atoms with E-state index in [0.717, 1.165) is 49.7 Å². The van der Waals surface area contributed by atoms with Gasteiger partial charge in [-0.05, 0) is 49.9 Å². The van der Waals surface area contributed by atoms with Crippen molar-refractivity contribution in [2.45, 2.75) is 25.2 Å². The molecule has 0 radical (unpaired) electrons. The number of nitrogens with zero attached hydrogens (tertiary/aromatic N) is 1. The van der Waals surface area contributed by atoms with Gasteiger partial charge in [0.15, 0.2) is 0 Å². The van der Waals surface area contributed by atoms with Crippen molar-refractivity contribution in [1.29, 1.82) is 0 Å². The normalized spacial score (nSPS) is 19.0. The summed E-state index contributed by atoms with van der Waals surface area (Å²) in [7, 11) is 0. The molecule has 4 N–H and O–H groups in total. The van der Waals surface area contributed by atoms with Crippen molar-refractivity contribution in [2.75, 3.05) is 19.6 Å². The molecule has 1 aromatic carbocycles. The molecule has 0 spiro atoms. The maximum atomic E-state index is 11.6. The second-order valence-electron chi connectivity index (χ2n) is 6.04. The third-order valence-electron chi connectivity index (χ3n) is 4.81. The number of nitrogens with one attached hydrogen (secondary N) is 2. The van der Waals surface area contributed by atoms with Gasteiger partial charge in [-0.2, -0.15) is 4.37 Å². The van der Waals surface area contributed by atoms with E-state index in [1.54, 1.807) is 0 Å². The standard InChI is InChI=1S/C16H22N4OS/c17-11-16(6-8-18-9-7-16)13(14-19-15(21)22-20-14)10-12-4-2-1-3-5-12/h1-5,13,18H,6-11,17H2,(H,19,20,21). The molecule has 0 amide bonds. The van der Waals surface area contributed by atoms with E-state index in [1.165, 1.54) is 5.56 Å². The highest BCUT2D eigenvalue weighted by Crippen LogP contribution is 2.43. The van der Waals surface area contributed by atoms with Crippen LogP contribution in [0.25, 0.3) is 0 Å². The molecule has 1 unspecified atom stereocenters. The van der Waals surface area contributed by atoms with Crippen molar-refractivity contribution in [2.24, 2.45) is 11.1 Å². The molecule has 5 nitrogen and oxygen atoms in total. The van der Waals surface area contributed by atoms with E-state index in [1.807, 2.05) is 18.2 Å². The fraction of sp³-hybridized carbons (Fsp3) is 0.500. The third-order valence-corrected chi connectivity index (χ3v) is 5.37. The predicted molar refractivity (Wildman–Crippen MR) is 89.2 cm³/mol. The predicted octanol–water partition coefficient (Wildman–Crippen LogP) is 1.49. The lowest BCUT2D eigenvalue weighted by Crippen LogP contribution is -2.46. The highest BCUT2D eigenvalue weighted by molar-refractivity contribution is 7.02. The molecule has 1 aromatic heterocycles. The van der Waals surface area contributed by atoms with Gasteiger partial charge in [-0.15, -0.1) is 0 Å². The van der Waals surface area contributed by atoms with Crippen LogP contribution in [0.15, 0.2) is 35.1 Å². The summed E-state index contributed by atoms with van der Waals surface area (Å²) in [6, 6.07) is 10.4. The Labute approximate surface area is 134 Å². The van der Waals surface area contributed by atoms with Crippen LogP contribution < -0.4 is 15.9 Å². The Morgan fingerprint density at radius 3 is 2.59 bits per heavy atom. The maximum absolute atomic E-state index is 11.6. The smallest absolute Gasteiger partial charge is 0.323 e. The van der Waals surface area contributed by atoms with Gasteiger partial charge < -0.3 is 11.1 Å². The number of H-pyrrole nitrogens is 1. The Hall–Kier alpha value is -1.50. The quantitative estimate of drug-likeness (QED) is 0.780. The summed E-state index contributed by atoms with van der Waals surface area (Å²) in [6.45, 7) is 2.56. The first-order valence-corrected chi connectivity index (χ1v) is 8.51. The Balaban J connectivity index is 1.96. The Morgan fingerprint density at radius 2 is 2.00 bits per heavy atom. The van der Waals surface area contributed by atoms with E-state index >= 15 is 0 Å². The van der Waals surface area contributed by atoms with Gasteiger partial charge in [-0.25, -0.2) is 0 Å². The first-order chi connectivity index (χ1) is 10.7. The molecular weight excluding hydrogens is 296 g/mol. The zero-order valence-corrected chi connectivity index (χ0v) is 13.4. The summed E-state index contributed by atoms with van der Waals surface area (Å²) in [5, 5.41) is 3.40. The van der Waals surface area contributed by atoms with Crippen LogP contribution in [0.4, 0.5) is 0 Å². The van der Waals surface area contributed by atoms with E-state index < -0.39 is 0 Å². The number of hydrogen-bond donors (Lipinski definition) is 3. The van der Waals surface area contributed by atoms with E-state index in [-0.39, 0.29) is 16.2 Å². The van der Waals surface area contributed by atoms with Crippen molar-refractivity contribution >= 4 is 11.5 Å². The molecule has 1 saturated heterocycles. The van der Waals surface area contributed by atoms with Crippen LogP contribution in [-0.4, -0.2) is 29.0 Å². The number of rotatable bonds is 5. The van der Waals surface area contributed by atoms with Crippen LogP contribution in [0, 0.1) is 5.41 Å². The molecule has 0 aliphatic carbocycles. The number of aromatic amines is 1. The summed E-state index contributed by atoms with van der Waals surface area (Å²) >= 11 is 0.999. The molecular formula is C16H22N4OS. The van der Waals surface area contributed by atoms with Crippen molar-refractivity contribution in [3.05, 3.63) is 51.4 Å².